The molecule has 0 saturated carbocycles. The molecule has 2 aromatic heterocycles. The molecule has 0 radical (unpaired) electrons. The van der Waals surface area contributed by atoms with Crippen molar-refractivity contribution in [3.8, 4) is 0 Å². The number of rotatable bonds is 6. The molecule has 3 rings (SSSR count). The highest BCUT2D eigenvalue weighted by atomic mass is 35.5. The summed E-state index contributed by atoms with van der Waals surface area (Å²) in [6, 6.07) is 5.26. The van der Waals surface area contributed by atoms with E-state index in [2.05, 4.69) is 10.6 Å². The zero-order chi connectivity index (χ0) is 22.9. The van der Waals surface area contributed by atoms with E-state index < -0.39 is 5.97 Å². The van der Waals surface area contributed by atoms with Gasteiger partial charge in [-0.05, 0) is 51.0 Å². The van der Waals surface area contributed by atoms with Crippen LogP contribution in [0.4, 0.5) is 11.4 Å². The molecule has 0 atom stereocenters. The first kappa shape index (κ1) is 22.8. The van der Waals surface area contributed by atoms with E-state index in [1.165, 1.54) is 18.3 Å². The molecule has 2 amide bonds. The van der Waals surface area contributed by atoms with Crippen molar-refractivity contribution in [1.82, 2.24) is 4.57 Å². The third-order valence-corrected chi connectivity index (χ3v) is 6.62. The number of amides is 2. The number of aromatic nitrogens is 1. The monoisotopic (exact) mass is 461 g/mol. The van der Waals surface area contributed by atoms with Crippen molar-refractivity contribution in [2.75, 3.05) is 17.2 Å². The van der Waals surface area contributed by atoms with Crippen LogP contribution in [0.1, 0.15) is 40.3 Å². The maximum Gasteiger partial charge on any atom is 0.357 e. The Hall–Kier alpha value is -2.84. The van der Waals surface area contributed by atoms with Crippen LogP contribution in [0.3, 0.4) is 0 Å². The fourth-order valence-corrected chi connectivity index (χ4v) is 4.73. The van der Waals surface area contributed by atoms with Gasteiger partial charge in [-0.3, -0.25) is 9.59 Å². The summed E-state index contributed by atoms with van der Waals surface area (Å²) in [6.07, 6.45) is 0. The van der Waals surface area contributed by atoms with Gasteiger partial charge in [-0.1, -0.05) is 17.7 Å². The SMILES string of the molecule is CCOC(=O)c1c(NC(C)=O)c2c(C)c(C)sc2n1CC(=O)Nc1cccc(Cl)c1C. The summed E-state index contributed by atoms with van der Waals surface area (Å²) in [6.45, 7) is 8.82. The van der Waals surface area contributed by atoms with Crippen molar-refractivity contribution in [1.29, 1.82) is 0 Å². The van der Waals surface area contributed by atoms with E-state index in [0.29, 0.717) is 16.4 Å². The Bertz CT molecular complexity index is 1200. The molecule has 1 aromatic carbocycles. The summed E-state index contributed by atoms with van der Waals surface area (Å²) >= 11 is 7.61. The predicted molar refractivity (Wildman–Crippen MR) is 124 cm³/mol. The summed E-state index contributed by atoms with van der Waals surface area (Å²) < 4.78 is 6.85. The molecular weight excluding hydrogens is 438 g/mol. The average Bonchev–Trinajstić information content (AvgIpc) is 3.13. The lowest BCUT2D eigenvalue weighted by Gasteiger charge is -2.13. The first-order valence-corrected chi connectivity index (χ1v) is 11.0. The van der Waals surface area contributed by atoms with Crippen molar-refractivity contribution in [2.24, 2.45) is 0 Å². The third kappa shape index (κ3) is 4.45. The zero-order valence-electron chi connectivity index (χ0n) is 18.0. The summed E-state index contributed by atoms with van der Waals surface area (Å²) in [4.78, 5) is 39.4. The summed E-state index contributed by atoms with van der Waals surface area (Å²) in [5, 5.41) is 6.91. The van der Waals surface area contributed by atoms with Gasteiger partial charge < -0.3 is 19.9 Å². The van der Waals surface area contributed by atoms with E-state index in [1.807, 2.05) is 20.8 Å². The number of hydrogen-bond acceptors (Lipinski definition) is 5. The Morgan fingerprint density at radius 1 is 1.13 bits per heavy atom. The van der Waals surface area contributed by atoms with Gasteiger partial charge in [0.2, 0.25) is 11.8 Å². The van der Waals surface area contributed by atoms with Crippen LogP contribution >= 0.6 is 22.9 Å². The Kier molecular flexibility index (Phi) is 6.71. The van der Waals surface area contributed by atoms with Crippen molar-refractivity contribution >= 4 is 62.3 Å². The maximum atomic E-state index is 12.9. The minimum Gasteiger partial charge on any atom is -0.461 e. The molecule has 2 N–H and O–H groups in total. The fraction of sp³-hybridized carbons (Fsp3) is 0.318. The summed E-state index contributed by atoms with van der Waals surface area (Å²) in [5.74, 6) is -1.24. The topological polar surface area (TPSA) is 89.4 Å². The smallest absolute Gasteiger partial charge is 0.357 e. The third-order valence-electron chi connectivity index (χ3n) is 4.98. The molecule has 2 heterocycles. The van der Waals surface area contributed by atoms with Crippen LogP contribution in [0.5, 0.6) is 0 Å². The molecule has 3 aromatic rings. The second kappa shape index (κ2) is 9.11. The first-order valence-electron chi connectivity index (χ1n) is 9.77. The van der Waals surface area contributed by atoms with E-state index >= 15 is 0 Å². The number of anilines is 2. The van der Waals surface area contributed by atoms with Crippen LogP contribution in [0.25, 0.3) is 10.2 Å². The number of benzene rings is 1. The average molecular weight is 462 g/mol. The van der Waals surface area contributed by atoms with Crippen LogP contribution in [0.15, 0.2) is 18.2 Å². The van der Waals surface area contributed by atoms with Crippen LogP contribution in [0, 0.1) is 20.8 Å². The summed E-state index contributed by atoms with van der Waals surface area (Å²) in [5.41, 5.74) is 2.81. The predicted octanol–water partition coefficient (Wildman–Crippen LogP) is 5.06. The van der Waals surface area contributed by atoms with Gasteiger partial charge in [-0.25, -0.2) is 4.79 Å². The molecule has 0 aliphatic rings. The number of halogens is 1. The van der Waals surface area contributed by atoms with Gasteiger partial charge in [-0.2, -0.15) is 0 Å². The lowest BCUT2D eigenvalue weighted by molar-refractivity contribution is -0.116. The highest BCUT2D eigenvalue weighted by Gasteiger charge is 2.29. The summed E-state index contributed by atoms with van der Waals surface area (Å²) in [7, 11) is 0. The lowest BCUT2D eigenvalue weighted by atomic mass is 10.2. The highest BCUT2D eigenvalue weighted by Crippen LogP contribution is 2.40. The van der Waals surface area contributed by atoms with Gasteiger partial charge >= 0.3 is 5.97 Å². The van der Waals surface area contributed by atoms with Gasteiger partial charge in [0, 0.05) is 27.9 Å². The van der Waals surface area contributed by atoms with Crippen LogP contribution in [-0.2, 0) is 20.9 Å². The Morgan fingerprint density at radius 3 is 2.48 bits per heavy atom. The zero-order valence-corrected chi connectivity index (χ0v) is 19.6. The van der Waals surface area contributed by atoms with Crippen LogP contribution < -0.4 is 10.6 Å². The molecule has 7 nitrogen and oxygen atoms in total. The van der Waals surface area contributed by atoms with Gasteiger partial charge in [0.15, 0.2) is 5.69 Å². The van der Waals surface area contributed by atoms with Crippen LogP contribution in [-0.4, -0.2) is 29.0 Å². The molecule has 0 fully saturated rings. The minimum atomic E-state index is -0.599. The van der Waals surface area contributed by atoms with E-state index in [-0.39, 0.29) is 30.7 Å². The second-order valence-electron chi connectivity index (χ2n) is 7.14. The second-order valence-corrected chi connectivity index (χ2v) is 8.75. The van der Waals surface area contributed by atoms with Crippen LogP contribution in [0.2, 0.25) is 5.02 Å². The normalized spacial score (nSPS) is 10.9. The maximum absolute atomic E-state index is 12.9. The first-order chi connectivity index (χ1) is 14.6. The number of hydrogen-bond donors (Lipinski definition) is 2. The number of nitrogens with one attached hydrogen (secondary N) is 2. The van der Waals surface area contributed by atoms with Gasteiger partial charge in [0.05, 0.1) is 12.3 Å². The molecule has 9 heteroatoms. The lowest BCUT2D eigenvalue weighted by Crippen LogP contribution is -2.23. The fourth-order valence-electron chi connectivity index (χ4n) is 3.38. The molecule has 0 aliphatic carbocycles. The van der Waals surface area contributed by atoms with E-state index in [9.17, 15) is 14.4 Å². The number of aryl methyl sites for hydroxylation is 2. The Balaban J connectivity index is 2.11. The van der Waals surface area contributed by atoms with E-state index in [1.54, 1.807) is 29.7 Å². The molecule has 0 unspecified atom stereocenters. The van der Waals surface area contributed by atoms with E-state index in [4.69, 9.17) is 16.3 Å². The number of ether oxygens (including phenoxy) is 1. The molecule has 164 valence electrons. The number of carbonyl (C=O) groups excluding carboxylic acids is 3. The molecule has 31 heavy (non-hydrogen) atoms. The van der Waals surface area contributed by atoms with Gasteiger partial charge in [-0.15, -0.1) is 11.3 Å². The number of carbonyl (C=O) groups is 3. The van der Waals surface area contributed by atoms with Crippen molar-refractivity contribution in [3.05, 3.63) is 44.9 Å². The van der Waals surface area contributed by atoms with Gasteiger partial charge in [0.1, 0.15) is 11.4 Å². The van der Waals surface area contributed by atoms with Crippen molar-refractivity contribution < 1.29 is 19.1 Å². The molecule has 0 aliphatic heterocycles. The standard InChI is InChI=1S/C22H24ClN3O4S/c1-6-30-22(29)20-19(24-14(5)27)18-11(2)13(4)31-21(18)26(20)10-17(28)25-16-9-7-8-15(23)12(16)3/h7-9H,6,10H2,1-5H3,(H,24,27)(H,25,28). The van der Waals surface area contributed by atoms with Crippen molar-refractivity contribution in [3.63, 3.8) is 0 Å². The molecule has 0 saturated heterocycles. The Labute approximate surface area is 189 Å². The number of thiophene rings is 1. The van der Waals surface area contributed by atoms with Crippen molar-refractivity contribution in [2.45, 2.75) is 41.2 Å². The number of esters is 1. The van der Waals surface area contributed by atoms with Gasteiger partial charge in [0.25, 0.3) is 0 Å². The quantitative estimate of drug-likeness (QED) is 0.502. The largest absolute Gasteiger partial charge is 0.461 e. The molecular formula is C22H24ClN3O4S. The van der Waals surface area contributed by atoms with E-state index in [0.717, 1.165) is 26.2 Å². The Morgan fingerprint density at radius 2 is 1.84 bits per heavy atom. The molecule has 0 bridgehead atoms. The minimum absolute atomic E-state index is 0.129. The molecule has 0 spiro atoms. The highest BCUT2D eigenvalue weighted by molar-refractivity contribution is 7.19. The number of fused-ring (bicyclic) bond motifs is 1. The number of nitrogens with zero attached hydrogens (tertiary/aromatic N) is 1.